The van der Waals surface area contributed by atoms with Crippen LogP contribution >= 0.6 is 0 Å². The molecule has 2 rings (SSSR count). The Morgan fingerprint density at radius 3 is 2.81 bits per heavy atom. The molecule has 1 aromatic carbocycles. The number of carbonyl (C=O) groups is 1. The normalized spacial score (nSPS) is 10.9. The summed E-state index contributed by atoms with van der Waals surface area (Å²) in [5, 5.41) is 4.08. The first kappa shape index (κ1) is 15.2. The molecule has 0 atom stereocenters. The van der Waals surface area contributed by atoms with Crippen LogP contribution in [-0.4, -0.2) is 41.2 Å². The Labute approximate surface area is 122 Å². The van der Waals surface area contributed by atoms with Gasteiger partial charge < -0.3 is 4.74 Å². The van der Waals surface area contributed by atoms with Crippen molar-refractivity contribution in [2.24, 2.45) is 7.05 Å². The van der Waals surface area contributed by atoms with E-state index >= 15 is 0 Å². The number of aromatic nitrogens is 2. The standard InChI is InChI=1S/C15H18FN3O2/c1-18(8-11-7-17-19(2)9-11)10-14(20)12-4-5-15(21-3)13(16)6-12/h4-7,9H,8,10H2,1-3H3. The van der Waals surface area contributed by atoms with Crippen molar-refractivity contribution in [1.82, 2.24) is 14.7 Å². The second-order valence-corrected chi connectivity index (χ2v) is 4.97. The Kier molecular flexibility index (Phi) is 4.70. The fourth-order valence-electron chi connectivity index (χ4n) is 2.10. The molecule has 0 aliphatic carbocycles. The Morgan fingerprint density at radius 1 is 1.48 bits per heavy atom. The van der Waals surface area contributed by atoms with Crippen molar-refractivity contribution >= 4 is 5.78 Å². The van der Waals surface area contributed by atoms with Crippen LogP contribution in [0, 0.1) is 5.82 Å². The van der Waals surface area contributed by atoms with Crippen LogP contribution in [0.5, 0.6) is 5.75 Å². The van der Waals surface area contributed by atoms with Gasteiger partial charge in [-0.2, -0.15) is 5.10 Å². The third kappa shape index (κ3) is 3.88. The monoisotopic (exact) mass is 291 g/mol. The zero-order chi connectivity index (χ0) is 15.4. The second-order valence-electron chi connectivity index (χ2n) is 4.97. The van der Waals surface area contributed by atoms with Crippen molar-refractivity contribution in [3.05, 3.63) is 47.5 Å². The van der Waals surface area contributed by atoms with Crippen LogP contribution in [0.2, 0.25) is 0 Å². The summed E-state index contributed by atoms with van der Waals surface area (Å²) >= 11 is 0. The van der Waals surface area contributed by atoms with Gasteiger partial charge in [0.1, 0.15) is 0 Å². The number of Topliss-reactive ketones (excluding diaryl/α,β-unsaturated/α-hetero) is 1. The van der Waals surface area contributed by atoms with Crippen molar-refractivity contribution < 1.29 is 13.9 Å². The number of carbonyl (C=O) groups excluding carboxylic acids is 1. The van der Waals surface area contributed by atoms with E-state index in [2.05, 4.69) is 5.10 Å². The zero-order valence-corrected chi connectivity index (χ0v) is 12.3. The van der Waals surface area contributed by atoms with Gasteiger partial charge in [-0.15, -0.1) is 0 Å². The number of methoxy groups -OCH3 is 1. The predicted octanol–water partition coefficient (Wildman–Crippen LogP) is 1.88. The van der Waals surface area contributed by atoms with Crippen LogP contribution in [-0.2, 0) is 13.6 Å². The van der Waals surface area contributed by atoms with E-state index in [4.69, 9.17) is 4.74 Å². The number of hydrogen-bond donors (Lipinski definition) is 0. The van der Waals surface area contributed by atoms with Gasteiger partial charge in [-0.05, 0) is 25.2 Å². The number of benzene rings is 1. The van der Waals surface area contributed by atoms with Gasteiger partial charge in [0.25, 0.3) is 0 Å². The van der Waals surface area contributed by atoms with E-state index in [1.54, 1.807) is 16.9 Å². The number of halogens is 1. The summed E-state index contributed by atoms with van der Waals surface area (Å²) in [6.07, 6.45) is 3.65. The van der Waals surface area contributed by atoms with E-state index in [0.717, 1.165) is 5.56 Å². The summed E-state index contributed by atoms with van der Waals surface area (Å²) in [6.45, 7) is 0.818. The minimum Gasteiger partial charge on any atom is -0.494 e. The van der Waals surface area contributed by atoms with E-state index in [-0.39, 0.29) is 18.1 Å². The van der Waals surface area contributed by atoms with Gasteiger partial charge in [-0.25, -0.2) is 4.39 Å². The molecule has 2 aromatic rings. The molecule has 0 aliphatic rings. The fourth-order valence-corrected chi connectivity index (χ4v) is 2.10. The molecule has 1 heterocycles. The minimum atomic E-state index is -0.529. The fraction of sp³-hybridized carbons (Fsp3) is 0.333. The average Bonchev–Trinajstić information content (AvgIpc) is 2.83. The molecule has 1 aromatic heterocycles. The Bertz CT molecular complexity index is 640. The second kappa shape index (κ2) is 6.49. The number of rotatable bonds is 6. The van der Waals surface area contributed by atoms with Gasteiger partial charge in [0.05, 0.1) is 19.9 Å². The highest BCUT2D eigenvalue weighted by atomic mass is 19.1. The van der Waals surface area contributed by atoms with E-state index < -0.39 is 5.82 Å². The highest BCUT2D eigenvalue weighted by Crippen LogP contribution is 2.18. The molecule has 0 N–H and O–H groups in total. The van der Waals surface area contributed by atoms with Gasteiger partial charge in [0, 0.05) is 30.9 Å². The maximum Gasteiger partial charge on any atom is 0.176 e. The molecule has 6 heteroatoms. The van der Waals surface area contributed by atoms with Crippen molar-refractivity contribution in [2.45, 2.75) is 6.54 Å². The van der Waals surface area contributed by atoms with Gasteiger partial charge >= 0.3 is 0 Å². The molecule has 0 saturated heterocycles. The van der Waals surface area contributed by atoms with Gasteiger partial charge in [-0.3, -0.25) is 14.4 Å². The third-order valence-corrected chi connectivity index (χ3v) is 3.10. The molecular weight excluding hydrogens is 273 g/mol. The Hall–Kier alpha value is -2.21. The molecule has 0 radical (unpaired) electrons. The highest BCUT2D eigenvalue weighted by molar-refractivity contribution is 5.97. The zero-order valence-electron chi connectivity index (χ0n) is 12.3. The van der Waals surface area contributed by atoms with Crippen LogP contribution in [0.3, 0.4) is 0 Å². The molecular formula is C15H18FN3O2. The molecule has 0 aliphatic heterocycles. The number of likely N-dealkylation sites (N-methyl/N-ethyl adjacent to an activating group) is 1. The van der Waals surface area contributed by atoms with Gasteiger partial charge in [-0.1, -0.05) is 0 Å². The van der Waals surface area contributed by atoms with E-state index in [1.165, 1.54) is 19.2 Å². The van der Waals surface area contributed by atoms with Crippen molar-refractivity contribution in [3.63, 3.8) is 0 Å². The van der Waals surface area contributed by atoms with Crippen LogP contribution in [0.15, 0.2) is 30.6 Å². The topological polar surface area (TPSA) is 47.4 Å². The van der Waals surface area contributed by atoms with Crippen molar-refractivity contribution in [1.29, 1.82) is 0 Å². The highest BCUT2D eigenvalue weighted by Gasteiger charge is 2.13. The predicted molar refractivity (Wildman–Crippen MR) is 76.8 cm³/mol. The van der Waals surface area contributed by atoms with Gasteiger partial charge in [0.2, 0.25) is 0 Å². The maximum atomic E-state index is 13.6. The van der Waals surface area contributed by atoms with Crippen LogP contribution in [0.25, 0.3) is 0 Å². The van der Waals surface area contributed by atoms with E-state index in [0.29, 0.717) is 12.1 Å². The smallest absolute Gasteiger partial charge is 0.176 e. The SMILES string of the molecule is COc1ccc(C(=O)CN(C)Cc2cnn(C)c2)cc1F. The molecule has 0 amide bonds. The van der Waals surface area contributed by atoms with Crippen molar-refractivity contribution in [2.75, 3.05) is 20.7 Å². The minimum absolute atomic E-state index is 0.135. The summed E-state index contributed by atoms with van der Waals surface area (Å²) in [6, 6.07) is 4.24. The summed E-state index contributed by atoms with van der Waals surface area (Å²) < 4.78 is 20.1. The molecule has 0 bridgehead atoms. The number of hydrogen-bond acceptors (Lipinski definition) is 4. The summed E-state index contributed by atoms with van der Waals surface area (Å²) in [5.41, 5.74) is 1.36. The van der Waals surface area contributed by atoms with Gasteiger partial charge in [0.15, 0.2) is 17.3 Å². The number of aryl methyl sites for hydroxylation is 1. The third-order valence-electron chi connectivity index (χ3n) is 3.10. The molecule has 0 fully saturated rings. The molecule has 0 unspecified atom stereocenters. The lowest BCUT2D eigenvalue weighted by atomic mass is 10.1. The van der Waals surface area contributed by atoms with Crippen LogP contribution in [0.1, 0.15) is 15.9 Å². The number of ketones is 1. The first-order valence-electron chi connectivity index (χ1n) is 6.52. The summed E-state index contributed by atoms with van der Waals surface area (Å²) in [5.74, 6) is -0.531. The van der Waals surface area contributed by atoms with Crippen molar-refractivity contribution in [3.8, 4) is 5.75 Å². The lowest BCUT2D eigenvalue weighted by molar-refractivity contribution is 0.0942. The first-order valence-corrected chi connectivity index (χ1v) is 6.52. The molecule has 5 nitrogen and oxygen atoms in total. The number of nitrogens with zero attached hydrogens (tertiary/aromatic N) is 3. The van der Waals surface area contributed by atoms with E-state index in [1.807, 2.05) is 25.2 Å². The molecule has 112 valence electrons. The summed E-state index contributed by atoms with van der Waals surface area (Å²) in [4.78, 5) is 14.0. The summed E-state index contributed by atoms with van der Waals surface area (Å²) in [7, 11) is 5.07. The number of ether oxygens (including phenoxy) is 1. The molecule has 0 spiro atoms. The maximum absolute atomic E-state index is 13.6. The van der Waals surface area contributed by atoms with Crippen LogP contribution < -0.4 is 4.74 Å². The Morgan fingerprint density at radius 2 is 2.24 bits per heavy atom. The lowest BCUT2D eigenvalue weighted by Crippen LogP contribution is -2.25. The lowest BCUT2D eigenvalue weighted by Gasteiger charge is -2.14. The molecule has 0 saturated carbocycles. The Balaban J connectivity index is 1.98. The largest absolute Gasteiger partial charge is 0.494 e. The quantitative estimate of drug-likeness (QED) is 0.763. The van der Waals surface area contributed by atoms with Crippen LogP contribution in [0.4, 0.5) is 4.39 Å². The average molecular weight is 291 g/mol. The first-order chi connectivity index (χ1) is 9.99. The molecule has 21 heavy (non-hydrogen) atoms. The van der Waals surface area contributed by atoms with E-state index in [9.17, 15) is 9.18 Å².